The van der Waals surface area contributed by atoms with Crippen molar-refractivity contribution in [2.45, 2.75) is 32.7 Å². The van der Waals surface area contributed by atoms with E-state index in [1.807, 2.05) is 17.5 Å². The monoisotopic (exact) mass is 260 g/mol. The molecular weight excluding hydrogens is 240 g/mol. The first kappa shape index (κ1) is 12.3. The molecule has 1 saturated carbocycles. The minimum atomic E-state index is 0.800. The zero-order valence-corrected chi connectivity index (χ0v) is 11.5. The van der Waals surface area contributed by atoms with Gasteiger partial charge < -0.3 is 5.32 Å². The molecule has 0 aliphatic heterocycles. The number of anilines is 1. The topological polar surface area (TPSA) is 58.4 Å². The molecule has 0 aromatic carbocycles. The van der Waals surface area contributed by atoms with Crippen molar-refractivity contribution in [1.82, 2.24) is 24.5 Å². The summed E-state index contributed by atoms with van der Waals surface area (Å²) in [5.41, 5.74) is 0.800. The highest BCUT2D eigenvalue weighted by molar-refractivity contribution is 5.61. The minimum Gasteiger partial charge on any atom is -0.366 e. The normalized spacial score (nSPS) is 15.3. The SMILES string of the molecule is CCN(CCNc1nccn2c(C)nnc12)C1CC1. The third-order valence-corrected chi connectivity index (χ3v) is 3.66. The Labute approximate surface area is 112 Å². The van der Waals surface area contributed by atoms with Crippen molar-refractivity contribution in [2.24, 2.45) is 0 Å². The summed E-state index contributed by atoms with van der Waals surface area (Å²) in [6.45, 7) is 7.23. The molecule has 0 unspecified atom stereocenters. The molecule has 2 aromatic rings. The van der Waals surface area contributed by atoms with Crippen LogP contribution in [0, 0.1) is 6.92 Å². The van der Waals surface area contributed by atoms with Crippen molar-refractivity contribution < 1.29 is 0 Å². The minimum absolute atomic E-state index is 0.800. The van der Waals surface area contributed by atoms with Gasteiger partial charge in [0.25, 0.3) is 0 Å². The van der Waals surface area contributed by atoms with Crippen LogP contribution in [-0.4, -0.2) is 50.2 Å². The Kier molecular flexibility index (Phi) is 3.33. The molecule has 2 aromatic heterocycles. The van der Waals surface area contributed by atoms with E-state index in [1.165, 1.54) is 12.8 Å². The molecule has 1 aliphatic carbocycles. The summed E-state index contributed by atoms with van der Waals surface area (Å²) in [5, 5.41) is 11.6. The Bertz CT molecular complexity index is 559. The highest BCUT2D eigenvalue weighted by atomic mass is 15.3. The third-order valence-electron chi connectivity index (χ3n) is 3.66. The predicted octanol–water partition coefficient (Wildman–Crippen LogP) is 1.33. The van der Waals surface area contributed by atoms with Crippen LogP contribution >= 0.6 is 0 Å². The van der Waals surface area contributed by atoms with Gasteiger partial charge >= 0.3 is 0 Å². The van der Waals surface area contributed by atoms with Crippen molar-refractivity contribution in [1.29, 1.82) is 0 Å². The predicted molar refractivity (Wildman–Crippen MR) is 74.3 cm³/mol. The molecular formula is C13H20N6. The molecule has 102 valence electrons. The van der Waals surface area contributed by atoms with E-state index in [1.54, 1.807) is 6.20 Å². The number of aryl methyl sites for hydroxylation is 1. The lowest BCUT2D eigenvalue weighted by molar-refractivity contribution is 0.289. The van der Waals surface area contributed by atoms with Gasteiger partial charge in [0.1, 0.15) is 5.82 Å². The number of nitrogens with one attached hydrogen (secondary N) is 1. The fraction of sp³-hybridized carbons (Fsp3) is 0.615. The first-order valence-electron chi connectivity index (χ1n) is 6.94. The van der Waals surface area contributed by atoms with E-state index in [-0.39, 0.29) is 0 Å². The molecule has 1 fully saturated rings. The summed E-state index contributed by atoms with van der Waals surface area (Å²) >= 11 is 0. The number of likely N-dealkylation sites (N-methyl/N-ethyl adjacent to an activating group) is 1. The summed E-state index contributed by atoms with van der Waals surface area (Å²) in [4.78, 5) is 6.87. The average molecular weight is 260 g/mol. The highest BCUT2D eigenvalue weighted by Crippen LogP contribution is 2.26. The van der Waals surface area contributed by atoms with Gasteiger partial charge in [-0.3, -0.25) is 9.30 Å². The maximum Gasteiger partial charge on any atom is 0.203 e. The third kappa shape index (κ3) is 2.53. The second kappa shape index (κ2) is 5.13. The smallest absolute Gasteiger partial charge is 0.203 e. The van der Waals surface area contributed by atoms with E-state index in [9.17, 15) is 0 Å². The lowest BCUT2D eigenvalue weighted by Crippen LogP contribution is -2.31. The van der Waals surface area contributed by atoms with Gasteiger partial charge in [-0.05, 0) is 26.3 Å². The molecule has 3 rings (SSSR count). The molecule has 1 aliphatic rings. The Balaban J connectivity index is 1.64. The van der Waals surface area contributed by atoms with Crippen molar-refractivity contribution in [2.75, 3.05) is 25.0 Å². The van der Waals surface area contributed by atoms with Crippen LogP contribution in [0.5, 0.6) is 0 Å². The van der Waals surface area contributed by atoms with Gasteiger partial charge in [-0.1, -0.05) is 6.92 Å². The van der Waals surface area contributed by atoms with Crippen LogP contribution in [0.4, 0.5) is 5.82 Å². The van der Waals surface area contributed by atoms with Crippen molar-refractivity contribution in [3.05, 3.63) is 18.2 Å². The van der Waals surface area contributed by atoms with Gasteiger partial charge in [-0.25, -0.2) is 4.98 Å². The van der Waals surface area contributed by atoms with Gasteiger partial charge in [0.15, 0.2) is 5.82 Å². The number of fused-ring (bicyclic) bond motifs is 1. The summed E-state index contributed by atoms with van der Waals surface area (Å²) in [5.74, 6) is 1.70. The maximum atomic E-state index is 4.35. The van der Waals surface area contributed by atoms with Gasteiger partial charge in [0.05, 0.1) is 0 Å². The van der Waals surface area contributed by atoms with E-state index in [0.29, 0.717) is 0 Å². The summed E-state index contributed by atoms with van der Waals surface area (Å²) in [7, 11) is 0. The largest absolute Gasteiger partial charge is 0.366 e. The van der Waals surface area contributed by atoms with Gasteiger partial charge in [-0.2, -0.15) is 0 Å². The first-order valence-corrected chi connectivity index (χ1v) is 6.94. The molecule has 6 heteroatoms. The van der Waals surface area contributed by atoms with Crippen LogP contribution in [0.2, 0.25) is 0 Å². The molecule has 1 N–H and O–H groups in total. The highest BCUT2D eigenvalue weighted by Gasteiger charge is 2.27. The van der Waals surface area contributed by atoms with Crippen LogP contribution < -0.4 is 5.32 Å². The molecule has 2 heterocycles. The maximum absolute atomic E-state index is 4.35. The molecule has 6 nitrogen and oxygen atoms in total. The number of nitrogens with zero attached hydrogens (tertiary/aromatic N) is 5. The summed E-state index contributed by atoms with van der Waals surface area (Å²) in [6, 6.07) is 0.811. The van der Waals surface area contributed by atoms with E-state index in [0.717, 1.165) is 43.0 Å². The molecule has 19 heavy (non-hydrogen) atoms. The fourth-order valence-corrected chi connectivity index (χ4v) is 2.42. The fourth-order valence-electron chi connectivity index (χ4n) is 2.42. The Morgan fingerprint density at radius 1 is 1.42 bits per heavy atom. The second-order valence-electron chi connectivity index (χ2n) is 5.00. The lowest BCUT2D eigenvalue weighted by atomic mass is 10.4. The summed E-state index contributed by atoms with van der Waals surface area (Å²) in [6.07, 6.45) is 6.37. The molecule has 0 saturated heterocycles. The zero-order valence-electron chi connectivity index (χ0n) is 11.5. The Morgan fingerprint density at radius 2 is 2.26 bits per heavy atom. The second-order valence-corrected chi connectivity index (χ2v) is 5.00. The standard InChI is InChI=1S/C13H20N6/c1-3-18(11-4-5-11)8-6-14-12-13-17-16-10(2)19(13)9-7-15-12/h7,9,11H,3-6,8H2,1-2H3,(H,14,15). The molecule has 0 bridgehead atoms. The number of hydrogen-bond acceptors (Lipinski definition) is 5. The molecule has 0 atom stereocenters. The number of hydrogen-bond donors (Lipinski definition) is 1. The van der Waals surface area contributed by atoms with Gasteiger partial charge in [-0.15, -0.1) is 10.2 Å². The lowest BCUT2D eigenvalue weighted by Gasteiger charge is -2.19. The molecule has 0 radical (unpaired) electrons. The van der Waals surface area contributed by atoms with Crippen LogP contribution in [0.1, 0.15) is 25.6 Å². The first-order chi connectivity index (χ1) is 9.29. The van der Waals surface area contributed by atoms with Crippen LogP contribution in [0.25, 0.3) is 5.65 Å². The van der Waals surface area contributed by atoms with E-state index < -0.39 is 0 Å². The number of aromatic nitrogens is 4. The van der Waals surface area contributed by atoms with E-state index in [4.69, 9.17) is 0 Å². The quantitative estimate of drug-likeness (QED) is 0.849. The van der Waals surface area contributed by atoms with Crippen LogP contribution in [0.3, 0.4) is 0 Å². The Morgan fingerprint density at radius 3 is 3.00 bits per heavy atom. The van der Waals surface area contributed by atoms with Crippen molar-refractivity contribution in [3.8, 4) is 0 Å². The molecule has 0 spiro atoms. The van der Waals surface area contributed by atoms with Crippen molar-refractivity contribution in [3.63, 3.8) is 0 Å². The Hall–Kier alpha value is -1.69. The van der Waals surface area contributed by atoms with Crippen molar-refractivity contribution >= 4 is 11.5 Å². The van der Waals surface area contributed by atoms with Crippen LogP contribution in [0.15, 0.2) is 12.4 Å². The van der Waals surface area contributed by atoms with Crippen LogP contribution in [-0.2, 0) is 0 Å². The van der Waals surface area contributed by atoms with E-state index in [2.05, 4.69) is 32.3 Å². The summed E-state index contributed by atoms with van der Waals surface area (Å²) < 4.78 is 1.95. The van der Waals surface area contributed by atoms with E-state index >= 15 is 0 Å². The van der Waals surface area contributed by atoms with Gasteiger partial charge in [0.2, 0.25) is 5.65 Å². The molecule has 0 amide bonds. The van der Waals surface area contributed by atoms with Gasteiger partial charge in [0, 0.05) is 31.5 Å². The number of rotatable bonds is 6. The zero-order chi connectivity index (χ0) is 13.2. The average Bonchev–Trinajstić information content (AvgIpc) is 3.20.